The van der Waals surface area contributed by atoms with Gasteiger partial charge in [-0.05, 0) is 37.3 Å². The van der Waals surface area contributed by atoms with E-state index in [2.05, 4.69) is 10.6 Å². The van der Waals surface area contributed by atoms with Gasteiger partial charge in [-0.3, -0.25) is 9.59 Å². The van der Waals surface area contributed by atoms with Gasteiger partial charge >= 0.3 is 0 Å². The summed E-state index contributed by atoms with van der Waals surface area (Å²) in [7, 11) is 1.57. The molecule has 0 aromatic heterocycles. The first kappa shape index (κ1) is 18.5. The summed E-state index contributed by atoms with van der Waals surface area (Å²) in [4.78, 5) is 24.6. The van der Waals surface area contributed by atoms with Crippen LogP contribution in [0.2, 0.25) is 0 Å². The summed E-state index contributed by atoms with van der Waals surface area (Å²) < 4.78 is 10.4. The van der Waals surface area contributed by atoms with E-state index in [1.807, 2.05) is 19.1 Å². The minimum Gasteiger partial charge on any atom is -0.492 e. The normalized spacial score (nSPS) is 10.2. The van der Waals surface area contributed by atoms with E-state index < -0.39 is 0 Å². The summed E-state index contributed by atoms with van der Waals surface area (Å²) in [6.07, 6.45) is 0. The van der Waals surface area contributed by atoms with Gasteiger partial charge in [0.2, 0.25) is 0 Å². The molecule has 6 heteroatoms. The Labute approximate surface area is 147 Å². The third kappa shape index (κ3) is 5.32. The molecule has 6 nitrogen and oxygen atoms in total. The average molecular weight is 342 g/mol. The Bertz CT molecular complexity index is 731. The number of rotatable bonds is 8. The van der Waals surface area contributed by atoms with Gasteiger partial charge in [0.1, 0.15) is 5.75 Å². The van der Waals surface area contributed by atoms with E-state index in [0.717, 1.165) is 0 Å². The van der Waals surface area contributed by atoms with Crippen LogP contribution in [-0.2, 0) is 4.74 Å². The molecule has 0 heterocycles. The molecule has 0 aliphatic rings. The Morgan fingerprint density at radius 1 is 1.00 bits per heavy atom. The van der Waals surface area contributed by atoms with Crippen LogP contribution in [0.15, 0.2) is 48.5 Å². The number of carbonyl (C=O) groups excluding carboxylic acids is 2. The maximum atomic E-state index is 12.5. The number of para-hydroxylation sites is 2. The Hall–Kier alpha value is -2.86. The third-order valence-electron chi connectivity index (χ3n) is 3.41. The number of nitrogens with one attached hydrogen (secondary N) is 2. The maximum Gasteiger partial charge on any atom is 0.255 e. The van der Waals surface area contributed by atoms with Crippen LogP contribution in [-0.4, -0.2) is 38.7 Å². The molecule has 2 N–H and O–H groups in total. The highest BCUT2D eigenvalue weighted by molar-refractivity contribution is 6.06. The van der Waals surface area contributed by atoms with Crippen LogP contribution in [0.4, 0.5) is 5.69 Å². The molecule has 0 unspecified atom stereocenters. The van der Waals surface area contributed by atoms with E-state index in [9.17, 15) is 9.59 Å². The van der Waals surface area contributed by atoms with E-state index in [0.29, 0.717) is 42.3 Å². The first-order chi connectivity index (χ1) is 12.2. The molecule has 2 aromatic rings. The standard InChI is InChI=1S/C19H22N2O4/c1-3-25-17-10-5-4-9-16(17)21-19(23)15-8-6-7-14(13-15)18(22)20-11-12-24-2/h4-10,13H,3,11-12H2,1-2H3,(H,20,22)(H,21,23). The maximum absolute atomic E-state index is 12.5. The number of ether oxygens (including phenoxy) is 2. The summed E-state index contributed by atoms with van der Waals surface area (Å²) in [6.45, 7) is 3.22. The summed E-state index contributed by atoms with van der Waals surface area (Å²) >= 11 is 0. The van der Waals surface area contributed by atoms with Crippen molar-refractivity contribution >= 4 is 17.5 Å². The van der Waals surface area contributed by atoms with Crippen molar-refractivity contribution in [1.29, 1.82) is 0 Å². The number of hydrogen-bond acceptors (Lipinski definition) is 4. The van der Waals surface area contributed by atoms with Crippen LogP contribution in [0, 0.1) is 0 Å². The number of amides is 2. The van der Waals surface area contributed by atoms with Crippen molar-refractivity contribution in [2.75, 3.05) is 32.2 Å². The summed E-state index contributed by atoms with van der Waals surface area (Å²) in [5.74, 6) is 0.0481. The topological polar surface area (TPSA) is 76.7 Å². The van der Waals surface area contributed by atoms with Gasteiger partial charge in [0.05, 0.1) is 18.9 Å². The molecule has 0 fully saturated rings. The van der Waals surface area contributed by atoms with Gasteiger partial charge in [0, 0.05) is 24.8 Å². The minimum atomic E-state index is -0.307. The van der Waals surface area contributed by atoms with Crippen LogP contribution in [0.3, 0.4) is 0 Å². The van der Waals surface area contributed by atoms with Crippen molar-refractivity contribution in [3.63, 3.8) is 0 Å². The van der Waals surface area contributed by atoms with E-state index in [-0.39, 0.29) is 11.8 Å². The van der Waals surface area contributed by atoms with Crippen LogP contribution in [0.1, 0.15) is 27.6 Å². The van der Waals surface area contributed by atoms with E-state index in [4.69, 9.17) is 9.47 Å². The monoisotopic (exact) mass is 342 g/mol. The van der Waals surface area contributed by atoms with Crippen LogP contribution in [0.5, 0.6) is 5.75 Å². The Morgan fingerprint density at radius 3 is 2.44 bits per heavy atom. The van der Waals surface area contributed by atoms with Gasteiger partial charge in [-0.1, -0.05) is 18.2 Å². The summed E-state index contributed by atoms with van der Waals surface area (Å²) in [5.41, 5.74) is 1.40. The van der Waals surface area contributed by atoms with Crippen LogP contribution in [0.25, 0.3) is 0 Å². The zero-order valence-corrected chi connectivity index (χ0v) is 14.4. The quantitative estimate of drug-likeness (QED) is 0.723. The van der Waals surface area contributed by atoms with Gasteiger partial charge in [-0.25, -0.2) is 0 Å². The lowest BCUT2D eigenvalue weighted by molar-refractivity contribution is 0.0937. The molecule has 2 amide bonds. The SMILES string of the molecule is CCOc1ccccc1NC(=O)c1cccc(C(=O)NCCOC)c1. The lowest BCUT2D eigenvalue weighted by Gasteiger charge is -2.11. The number of carbonyl (C=O) groups is 2. The molecular weight excluding hydrogens is 320 g/mol. The van der Waals surface area contributed by atoms with Crippen molar-refractivity contribution < 1.29 is 19.1 Å². The fourth-order valence-corrected chi connectivity index (χ4v) is 2.22. The molecule has 0 bridgehead atoms. The highest BCUT2D eigenvalue weighted by Crippen LogP contribution is 2.24. The first-order valence-electron chi connectivity index (χ1n) is 8.06. The number of anilines is 1. The van der Waals surface area contributed by atoms with E-state index >= 15 is 0 Å². The molecule has 0 aliphatic heterocycles. The largest absolute Gasteiger partial charge is 0.492 e. The zero-order valence-electron chi connectivity index (χ0n) is 14.4. The van der Waals surface area contributed by atoms with Gasteiger partial charge in [0.25, 0.3) is 11.8 Å². The second kappa shape index (κ2) is 9.44. The van der Waals surface area contributed by atoms with Crippen molar-refractivity contribution in [1.82, 2.24) is 5.32 Å². The second-order valence-corrected chi connectivity index (χ2v) is 5.21. The lowest BCUT2D eigenvalue weighted by atomic mass is 10.1. The summed E-state index contributed by atoms with van der Waals surface area (Å²) in [6, 6.07) is 13.8. The van der Waals surface area contributed by atoms with Gasteiger partial charge in [0.15, 0.2) is 0 Å². The van der Waals surface area contributed by atoms with Crippen molar-refractivity contribution in [2.24, 2.45) is 0 Å². The highest BCUT2D eigenvalue weighted by atomic mass is 16.5. The molecular formula is C19H22N2O4. The smallest absolute Gasteiger partial charge is 0.255 e. The molecule has 2 aromatic carbocycles. The third-order valence-corrected chi connectivity index (χ3v) is 3.41. The summed E-state index contributed by atoms with van der Waals surface area (Å²) in [5, 5.41) is 5.54. The van der Waals surface area contributed by atoms with Crippen molar-refractivity contribution in [3.8, 4) is 5.75 Å². The molecule has 2 rings (SSSR count). The number of benzene rings is 2. The predicted molar refractivity (Wildman–Crippen MR) is 96.2 cm³/mol. The molecule has 0 spiro atoms. The van der Waals surface area contributed by atoms with E-state index in [1.54, 1.807) is 43.5 Å². The van der Waals surface area contributed by atoms with Gasteiger partial charge < -0.3 is 20.1 Å². The van der Waals surface area contributed by atoms with Crippen molar-refractivity contribution in [3.05, 3.63) is 59.7 Å². The molecule has 0 saturated heterocycles. The number of methoxy groups -OCH3 is 1. The van der Waals surface area contributed by atoms with Crippen molar-refractivity contribution in [2.45, 2.75) is 6.92 Å². The Morgan fingerprint density at radius 2 is 1.72 bits per heavy atom. The second-order valence-electron chi connectivity index (χ2n) is 5.21. The van der Waals surface area contributed by atoms with Gasteiger partial charge in [-0.15, -0.1) is 0 Å². The Kier molecular flexibility index (Phi) is 6.98. The average Bonchev–Trinajstić information content (AvgIpc) is 2.64. The Balaban J connectivity index is 2.10. The first-order valence-corrected chi connectivity index (χ1v) is 8.06. The molecule has 0 atom stereocenters. The zero-order chi connectivity index (χ0) is 18.1. The van der Waals surface area contributed by atoms with E-state index in [1.165, 1.54) is 0 Å². The molecule has 25 heavy (non-hydrogen) atoms. The minimum absolute atomic E-state index is 0.249. The molecule has 0 radical (unpaired) electrons. The fourth-order valence-electron chi connectivity index (χ4n) is 2.22. The molecule has 132 valence electrons. The predicted octanol–water partition coefficient (Wildman–Crippen LogP) is 2.71. The lowest BCUT2D eigenvalue weighted by Crippen LogP contribution is -2.27. The van der Waals surface area contributed by atoms with Crippen LogP contribution < -0.4 is 15.4 Å². The fraction of sp³-hybridized carbons (Fsp3) is 0.263. The number of hydrogen-bond donors (Lipinski definition) is 2. The van der Waals surface area contributed by atoms with Gasteiger partial charge in [-0.2, -0.15) is 0 Å². The molecule has 0 saturated carbocycles. The highest BCUT2D eigenvalue weighted by Gasteiger charge is 2.12. The molecule has 0 aliphatic carbocycles. The van der Waals surface area contributed by atoms with Crippen LogP contribution >= 0.6 is 0 Å².